The Balaban J connectivity index is 1.62. The molecule has 150 valence electrons. The lowest BCUT2D eigenvalue weighted by Gasteiger charge is -2.33. The molecule has 2 amide bonds. The maximum atomic E-state index is 12.4. The second kappa shape index (κ2) is 9.38. The van der Waals surface area contributed by atoms with Crippen LogP contribution in [0.25, 0.3) is 0 Å². The van der Waals surface area contributed by atoms with Crippen LogP contribution < -0.4 is 15.4 Å². The normalized spacial score (nSPS) is 15.6. The summed E-state index contributed by atoms with van der Waals surface area (Å²) in [6.07, 6.45) is 1.60. The van der Waals surface area contributed by atoms with Crippen LogP contribution in [-0.2, 0) is 14.3 Å². The van der Waals surface area contributed by atoms with Gasteiger partial charge in [-0.05, 0) is 36.8 Å². The predicted octanol–water partition coefficient (Wildman–Crippen LogP) is 1.72. The molecule has 2 aromatic rings. The van der Waals surface area contributed by atoms with Crippen molar-refractivity contribution in [1.82, 2.24) is 10.2 Å². The molecule has 1 atom stereocenters. The van der Waals surface area contributed by atoms with Crippen LogP contribution in [0.15, 0.2) is 41.0 Å². The number of hydrogen-bond donors (Lipinski definition) is 2. The highest BCUT2D eigenvalue weighted by molar-refractivity contribution is 6.39. The van der Waals surface area contributed by atoms with Gasteiger partial charge in [-0.15, -0.1) is 0 Å². The number of benzene rings is 1. The highest BCUT2D eigenvalue weighted by Gasteiger charge is 2.26. The molecule has 0 bridgehead atoms. The quantitative estimate of drug-likeness (QED) is 0.734. The van der Waals surface area contributed by atoms with E-state index in [1.54, 1.807) is 24.5 Å². The first-order chi connectivity index (χ1) is 13.6. The molecule has 28 heavy (non-hydrogen) atoms. The number of amides is 2. The molecular formula is C20H25N3O5. The molecule has 8 nitrogen and oxygen atoms in total. The van der Waals surface area contributed by atoms with Gasteiger partial charge in [-0.1, -0.05) is 6.07 Å². The van der Waals surface area contributed by atoms with Crippen LogP contribution in [0, 0.1) is 6.92 Å². The first kappa shape index (κ1) is 19.9. The highest BCUT2D eigenvalue weighted by Crippen LogP contribution is 2.25. The SMILES string of the molecule is COc1ccc(C)cc1NC(=O)C(=O)NCC(c1ccco1)N1CCOCC1. The van der Waals surface area contributed by atoms with E-state index in [2.05, 4.69) is 15.5 Å². The molecule has 1 aromatic carbocycles. The molecule has 0 radical (unpaired) electrons. The standard InChI is InChI=1S/C20H25N3O5/c1-14-5-6-17(26-2)15(12-14)22-20(25)19(24)21-13-16(18-4-3-9-28-18)23-7-10-27-11-8-23/h3-6,9,12,16H,7-8,10-11,13H2,1-2H3,(H,21,24)(H,22,25). The number of carbonyl (C=O) groups excluding carboxylic acids is 2. The maximum absolute atomic E-state index is 12.4. The van der Waals surface area contributed by atoms with E-state index in [4.69, 9.17) is 13.9 Å². The molecule has 8 heteroatoms. The second-order valence-corrected chi connectivity index (χ2v) is 6.55. The maximum Gasteiger partial charge on any atom is 0.313 e. The Bertz CT molecular complexity index is 800. The predicted molar refractivity (Wildman–Crippen MR) is 103 cm³/mol. The van der Waals surface area contributed by atoms with Crippen molar-refractivity contribution in [1.29, 1.82) is 0 Å². The summed E-state index contributed by atoms with van der Waals surface area (Å²) in [5.74, 6) is -0.228. The van der Waals surface area contributed by atoms with Gasteiger partial charge in [0, 0.05) is 19.6 Å². The number of methoxy groups -OCH3 is 1. The molecule has 1 fully saturated rings. The summed E-state index contributed by atoms with van der Waals surface area (Å²) in [5, 5.41) is 5.31. The number of furan rings is 1. The monoisotopic (exact) mass is 387 g/mol. The van der Waals surface area contributed by atoms with E-state index in [-0.39, 0.29) is 12.6 Å². The average Bonchev–Trinajstić information content (AvgIpc) is 3.23. The van der Waals surface area contributed by atoms with Crippen molar-refractivity contribution in [3.63, 3.8) is 0 Å². The molecule has 1 unspecified atom stereocenters. The zero-order valence-corrected chi connectivity index (χ0v) is 16.1. The van der Waals surface area contributed by atoms with Crippen LogP contribution >= 0.6 is 0 Å². The van der Waals surface area contributed by atoms with Gasteiger partial charge in [0.25, 0.3) is 0 Å². The van der Waals surface area contributed by atoms with Crippen LogP contribution in [-0.4, -0.2) is 56.7 Å². The molecule has 3 rings (SSSR count). The summed E-state index contributed by atoms with van der Waals surface area (Å²) < 4.78 is 16.2. The number of morpholine rings is 1. The molecule has 0 spiro atoms. The van der Waals surface area contributed by atoms with Gasteiger partial charge in [-0.25, -0.2) is 0 Å². The Morgan fingerprint density at radius 2 is 2.00 bits per heavy atom. The Kier molecular flexibility index (Phi) is 6.67. The smallest absolute Gasteiger partial charge is 0.313 e. The van der Waals surface area contributed by atoms with E-state index >= 15 is 0 Å². The second-order valence-electron chi connectivity index (χ2n) is 6.55. The Hall–Kier alpha value is -2.84. The summed E-state index contributed by atoms with van der Waals surface area (Å²) in [6, 6.07) is 8.87. The summed E-state index contributed by atoms with van der Waals surface area (Å²) >= 11 is 0. The van der Waals surface area contributed by atoms with Gasteiger partial charge in [0.2, 0.25) is 0 Å². The summed E-state index contributed by atoms with van der Waals surface area (Å²) in [4.78, 5) is 26.9. The summed E-state index contributed by atoms with van der Waals surface area (Å²) in [6.45, 7) is 4.86. The van der Waals surface area contributed by atoms with Crippen LogP contribution in [0.2, 0.25) is 0 Å². The zero-order chi connectivity index (χ0) is 19.9. The van der Waals surface area contributed by atoms with Gasteiger partial charge in [-0.2, -0.15) is 0 Å². The number of nitrogens with zero attached hydrogens (tertiary/aromatic N) is 1. The van der Waals surface area contributed by atoms with Gasteiger partial charge in [-0.3, -0.25) is 14.5 Å². The lowest BCUT2D eigenvalue weighted by molar-refractivity contribution is -0.136. The zero-order valence-electron chi connectivity index (χ0n) is 16.1. The van der Waals surface area contributed by atoms with Crippen LogP contribution in [0.1, 0.15) is 17.4 Å². The minimum absolute atomic E-state index is 0.163. The molecular weight excluding hydrogens is 362 g/mol. The van der Waals surface area contributed by atoms with Crippen molar-refractivity contribution in [3.8, 4) is 5.75 Å². The third-order valence-electron chi connectivity index (χ3n) is 4.62. The van der Waals surface area contributed by atoms with Crippen LogP contribution in [0.5, 0.6) is 5.75 Å². The number of rotatable bonds is 6. The first-order valence-corrected chi connectivity index (χ1v) is 9.17. The van der Waals surface area contributed by atoms with Gasteiger partial charge < -0.3 is 24.5 Å². The van der Waals surface area contributed by atoms with Gasteiger partial charge in [0.05, 0.1) is 38.3 Å². The fourth-order valence-corrected chi connectivity index (χ4v) is 3.15. The van der Waals surface area contributed by atoms with E-state index in [1.165, 1.54) is 7.11 Å². The number of nitrogens with one attached hydrogen (secondary N) is 2. The van der Waals surface area contributed by atoms with Crippen molar-refractivity contribution in [2.45, 2.75) is 13.0 Å². The lowest BCUT2D eigenvalue weighted by atomic mass is 10.1. The van der Waals surface area contributed by atoms with Crippen molar-refractivity contribution >= 4 is 17.5 Å². The molecule has 2 heterocycles. The fraction of sp³-hybridized carbons (Fsp3) is 0.400. The minimum atomic E-state index is -0.746. The van der Waals surface area contributed by atoms with Crippen LogP contribution in [0.4, 0.5) is 5.69 Å². The van der Waals surface area contributed by atoms with Crippen molar-refractivity contribution in [2.75, 3.05) is 45.3 Å². The number of anilines is 1. The van der Waals surface area contributed by atoms with Crippen molar-refractivity contribution in [3.05, 3.63) is 47.9 Å². The van der Waals surface area contributed by atoms with E-state index in [0.717, 1.165) is 24.4 Å². The van der Waals surface area contributed by atoms with Gasteiger partial charge in [0.15, 0.2) is 0 Å². The fourth-order valence-electron chi connectivity index (χ4n) is 3.15. The third-order valence-corrected chi connectivity index (χ3v) is 4.62. The van der Waals surface area contributed by atoms with Crippen molar-refractivity contribution in [2.24, 2.45) is 0 Å². The van der Waals surface area contributed by atoms with Crippen molar-refractivity contribution < 1.29 is 23.5 Å². The van der Waals surface area contributed by atoms with E-state index < -0.39 is 11.8 Å². The van der Waals surface area contributed by atoms with Crippen LogP contribution in [0.3, 0.4) is 0 Å². The molecule has 1 aromatic heterocycles. The number of hydrogen-bond acceptors (Lipinski definition) is 6. The molecule has 0 aliphatic carbocycles. The largest absolute Gasteiger partial charge is 0.495 e. The van der Waals surface area contributed by atoms with Gasteiger partial charge in [0.1, 0.15) is 11.5 Å². The molecule has 1 saturated heterocycles. The van der Waals surface area contributed by atoms with E-state index in [1.807, 2.05) is 19.1 Å². The van der Waals surface area contributed by atoms with Gasteiger partial charge >= 0.3 is 11.8 Å². The highest BCUT2D eigenvalue weighted by atomic mass is 16.5. The lowest BCUT2D eigenvalue weighted by Crippen LogP contribution is -2.45. The average molecular weight is 387 g/mol. The molecule has 0 saturated carbocycles. The van der Waals surface area contributed by atoms with E-state index in [9.17, 15) is 9.59 Å². The summed E-state index contributed by atoms with van der Waals surface area (Å²) in [7, 11) is 1.51. The Labute approximate surface area is 163 Å². The topological polar surface area (TPSA) is 93.0 Å². The number of carbonyl (C=O) groups is 2. The number of ether oxygens (including phenoxy) is 2. The number of aryl methyl sites for hydroxylation is 1. The Morgan fingerprint density at radius 3 is 2.68 bits per heavy atom. The third kappa shape index (κ3) is 4.90. The minimum Gasteiger partial charge on any atom is -0.495 e. The molecule has 2 N–H and O–H groups in total. The first-order valence-electron chi connectivity index (χ1n) is 9.17. The molecule has 1 aliphatic rings. The van der Waals surface area contributed by atoms with E-state index in [0.29, 0.717) is 24.7 Å². The Morgan fingerprint density at radius 1 is 1.21 bits per heavy atom. The summed E-state index contributed by atoms with van der Waals surface area (Å²) in [5.41, 5.74) is 1.40. The molecule has 1 aliphatic heterocycles.